The Morgan fingerprint density at radius 2 is 2.25 bits per heavy atom. The Morgan fingerprint density at radius 1 is 1.50 bits per heavy atom. The van der Waals surface area contributed by atoms with E-state index in [4.69, 9.17) is 5.11 Å². The minimum absolute atomic E-state index is 0.0317. The van der Waals surface area contributed by atoms with Gasteiger partial charge in [0.1, 0.15) is 11.5 Å². The molecule has 0 saturated carbocycles. The molecule has 82 valence electrons. The largest absolute Gasteiger partial charge is 0.476 e. The van der Waals surface area contributed by atoms with Crippen molar-refractivity contribution in [2.45, 2.75) is 0 Å². The summed E-state index contributed by atoms with van der Waals surface area (Å²) in [7, 11) is 0. The summed E-state index contributed by atoms with van der Waals surface area (Å²) in [6, 6.07) is 4.15. The van der Waals surface area contributed by atoms with Gasteiger partial charge in [-0.15, -0.1) is 5.10 Å². The molecule has 2 rings (SSSR count). The maximum Gasteiger partial charge on any atom is 0.356 e. The molecular formula is C9H5BrFN3O2. The van der Waals surface area contributed by atoms with E-state index in [0.29, 0.717) is 4.47 Å². The predicted molar refractivity (Wildman–Crippen MR) is 56.0 cm³/mol. The lowest BCUT2D eigenvalue weighted by Gasteiger charge is -2.04. The average Bonchev–Trinajstić information content (AvgIpc) is 2.70. The van der Waals surface area contributed by atoms with E-state index < -0.39 is 11.8 Å². The summed E-state index contributed by atoms with van der Waals surface area (Å²) in [6.07, 6.45) is 1.06. The van der Waals surface area contributed by atoms with Crippen molar-refractivity contribution in [2.75, 3.05) is 0 Å². The highest BCUT2D eigenvalue weighted by molar-refractivity contribution is 9.10. The van der Waals surface area contributed by atoms with Gasteiger partial charge in [0.05, 0.1) is 6.20 Å². The third-order valence-electron chi connectivity index (χ3n) is 1.90. The Labute approximate surface area is 97.6 Å². The Balaban J connectivity index is 2.62. The van der Waals surface area contributed by atoms with Crippen LogP contribution in [-0.4, -0.2) is 26.1 Å². The molecule has 0 aliphatic rings. The Kier molecular flexibility index (Phi) is 2.69. The van der Waals surface area contributed by atoms with E-state index in [1.165, 1.54) is 18.2 Å². The predicted octanol–water partition coefficient (Wildman–Crippen LogP) is 1.87. The van der Waals surface area contributed by atoms with E-state index in [9.17, 15) is 9.18 Å². The average molecular weight is 286 g/mol. The number of aromatic carboxylic acids is 1. The number of carbonyl (C=O) groups is 1. The summed E-state index contributed by atoms with van der Waals surface area (Å²) in [4.78, 5) is 10.8. The molecule has 0 aliphatic carbocycles. The highest BCUT2D eigenvalue weighted by atomic mass is 79.9. The van der Waals surface area contributed by atoms with Crippen LogP contribution >= 0.6 is 15.9 Å². The van der Waals surface area contributed by atoms with E-state index in [1.807, 2.05) is 0 Å². The lowest BCUT2D eigenvalue weighted by Crippen LogP contribution is -2.09. The van der Waals surface area contributed by atoms with Crippen molar-refractivity contribution in [3.05, 3.63) is 40.4 Å². The first kappa shape index (κ1) is 10.7. The first-order chi connectivity index (χ1) is 7.59. The van der Waals surface area contributed by atoms with Crippen molar-refractivity contribution >= 4 is 21.9 Å². The molecule has 16 heavy (non-hydrogen) atoms. The molecular weight excluding hydrogens is 281 g/mol. The number of benzene rings is 1. The zero-order valence-electron chi connectivity index (χ0n) is 7.76. The van der Waals surface area contributed by atoms with Crippen LogP contribution in [0.2, 0.25) is 0 Å². The van der Waals surface area contributed by atoms with Crippen molar-refractivity contribution in [3.8, 4) is 5.69 Å². The second-order valence-corrected chi connectivity index (χ2v) is 3.85. The number of hydrogen-bond donors (Lipinski definition) is 1. The molecule has 0 bridgehead atoms. The maximum atomic E-state index is 13.5. The van der Waals surface area contributed by atoms with Gasteiger partial charge in [-0.1, -0.05) is 21.1 Å². The van der Waals surface area contributed by atoms with Crippen molar-refractivity contribution in [1.82, 2.24) is 15.0 Å². The molecule has 1 heterocycles. The maximum absolute atomic E-state index is 13.5. The monoisotopic (exact) mass is 285 g/mol. The number of halogens is 2. The molecule has 0 fully saturated rings. The number of aromatic nitrogens is 3. The third-order valence-corrected chi connectivity index (χ3v) is 2.40. The highest BCUT2D eigenvalue weighted by Crippen LogP contribution is 2.19. The Morgan fingerprint density at radius 3 is 2.94 bits per heavy atom. The van der Waals surface area contributed by atoms with Gasteiger partial charge in [0, 0.05) is 4.47 Å². The number of rotatable bonds is 2. The summed E-state index contributed by atoms with van der Waals surface area (Å²) in [5, 5.41) is 15.8. The first-order valence-corrected chi connectivity index (χ1v) is 4.98. The van der Waals surface area contributed by atoms with Crippen LogP contribution in [0.25, 0.3) is 5.69 Å². The van der Waals surface area contributed by atoms with Crippen molar-refractivity contribution < 1.29 is 14.3 Å². The van der Waals surface area contributed by atoms with Gasteiger partial charge in [-0.3, -0.25) is 0 Å². The Hall–Kier alpha value is -1.76. The topological polar surface area (TPSA) is 68.0 Å². The fourth-order valence-corrected chi connectivity index (χ4v) is 1.56. The van der Waals surface area contributed by atoms with Gasteiger partial charge < -0.3 is 5.11 Å². The van der Waals surface area contributed by atoms with Crippen LogP contribution in [0.3, 0.4) is 0 Å². The molecule has 0 radical (unpaired) electrons. The lowest BCUT2D eigenvalue weighted by atomic mass is 10.3. The summed E-state index contributed by atoms with van der Waals surface area (Å²) >= 11 is 3.17. The van der Waals surface area contributed by atoms with E-state index in [-0.39, 0.29) is 11.4 Å². The van der Waals surface area contributed by atoms with Crippen LogP contribution in [0.5, 0.6) is 0 Å². The van der Waals surface area contributed by atoms with Crippen molar-refractivity contribution in [2.24, 2.45) is 0 Å². The van der Waals surface area contributed by atoms with E-state index in [1.54, 1.807) is 0 Å². The minimum atomic E-state index is -1.22. The van der Waals surface area contributed by atoms with Gasteiger partial charge in [0.2, 0.25) is 0 Å². The highest BCUT2D eigenvalue weighted by Gasteiger charge is 2.16. The molecule has 0 saturated heterocycles. The van der Waals surface area contributed by atoms with Crippen LogP contribution in [0.1, 0.15) is 10.5 Å². The molecule has 2 aromatic rings. The van der Waals surface area contributed by atoms with Crippen LogP contribution in [0.15, 0.2) is 28.9 Å². The van der Waals surface area contributed by atoms with Gasteiger partial charge in [0.25, 0.3) is 0 Å². The van der Waals surface area contributed by atoms with Gasteiger partial charge in [-0.2, -0.15) is 0 Å². The standard InChI is InChI=1S/C9H5BrFN3O2/c10-5-1-2-6(11)7(3-5)14-8(9(15)16)4-12-13-14/h1-4H,(H,15,16). The molecule has 1 aromatic carbocycles. The van der Waals surface area contributed by atoms with E-state index in [0.717, 1.165) is 10.9 Å². The Bertz CT molecular complexity index is 555. The van der Waals surface area contributed by atoms with Crippen LogP contribution in [0.4, 0.5) is 4.39 Å². The number of carboxylic acids is 1. The molecule has 7 heteroatoms. The molecule has 0 aliphatic heterocycles. The minimum Gasteiger partial charge on any atom is -0.476 e. The zero-order valence-corrected chi connectivity index (χ0v) is 9.35. The van der Waals surface area contributed by atoms with Gasteiger partial charge in [0.15, 0.2) is 5.69 Å². The fourth-order valence-electron chi connectivity index (χ4n) is 1.21. The molecule has 1 aromatic heterocycles. The van der Waals surface area contributed by atoms with Gasteiger partial charge in [-0.05, 0) is 18.2 Å². The van der Waals surface area contributed by atoms with Gasteiger partial charge in [-0.25, -0.2) is 13.9 Å². The molecule has 0 amide bonds. The second-order valence-electron chi connectivity index (χ2n) is 2.93. The van der Waals surface area contributed by atoms with Crippen molar-refractivity contribution in [1.29, 1.82) is 0 Å². The number of hydrogen-bond acceptors (Lipinski definition) is 3. The zero-order chi connectivity index (χ0) is 11.7. The fraction of sp³-hybridized carbons (Fsp3) is 0. The molecule has 1 N–H and O–H groups in total. The summed E-state index contributed by atoms with van der Waals surface area (Å²) in [5.74, 6) is -1.79. The summed E-state index contributed by atoms with van der Waals surface area (Å²) < 4.78 is 15.0. The van der Waals surface area contributed by atoms with Crippen LogP contribution in [0, 0.1) is 5.82 Å². The normalized spacial score (nSPS) is 10.4. The lowest BCUT2D eigenvalue weighted by molar-refractivity contribution is 0.0687. The molecule has 0 spiro atoms. The SMILES string of the molecule is O=C(O)c1cnnn1-c1cc(Br)ccc1F. The molecule has 5 nitrogen and oxygen atoms in total. The quantitative estimate of drug-likeness (QED) is 0.915. The summed E-state index contributed by atoms with van der Waals surface area (Å²) in [5.41, 5.74) is -0.165. The second kappa shape index (κ2) is 4.01. The van der Waals surface area contributed by atoms with E-state index >= 15 is 0 Å². The third kappa shape index (κ3) is 1.81. The van der Waals surface area contributed by atoms with Crippen LogP contribution in [-0.2, 0) is 0 Å². The van der Waals surface area contributed by atoms with Gasteiger partial charge >= 0.3 is 5.97 Å². The number of nitrogens with zero attached hydrogens (tertiary/aromatic N) is 3. The molecule has 0 atom stereocenters. The molecule has 0 unspecified atom stereocenters. The summed E-state index contributed by atoms with van der Waals surface area (Å²) in [6.45, 7) is 0. The van der Waals surface area contributed by atoms with Crippen molar-refractivity contribution in [3.63, 3.8) is 0 Å². The van der Waals surface area contributed by atoms with E-state index in [2.05, 4.69) is 26.2 Å². The first-order valence-electron chi connectivity index (χ1n) is 4.19. The van der Waals surface area contributed by atoms with Crippen LogP contribution < -0.4 is 0 Å². The number of carboxylic acid groups (broad SMARTS) is 1. The smallest absolute Gasteiger partial charge is 0.356 e.